The molecule has 2 amide bonds. The van der Waals surface area contributed by atoms with E-state index in [9.17, 15) is 9.59 Å². The van der Waals surface area contributed by atoms with E-state index < -0.39 is 0 Å². The minimum absolute atomic E-state index is 0.0512. The summed E-state index contributed by atoms with van der Waals surface area (Å²) in [6.07, 6.45) is 1.03. The Bertz CT molecular complexity index is 215. The molecule has 1 saturated heterocycles. The molecule has 1 aliphatic rings. The van der Waals surface area contributed by atoms with Crippen molar-refractivity contribution in [3.05, 3.63) is 0 Å². The molecule has 5 nitrogen and oxygen atoms in total. The third-order valence-electron chi connectivity index (χ3n) is 1.80. The van der Waals surface area contributed by atoms with Crippen molar-refractivity contribution in [1.82, 2.24) is 16.2 Å². The van der Waals surface area contributed by atoms with E-state index in [0.29, 0.717) is 12.8 Å². The normalized spacial score (nSPS) is 21.8. The summed E-state index contributed by atoms with van der Waals surface area (Å²) in [5, 5.41) is 2.59. The van der Waals surface area contributed by atoms with Crippen LogP contribution in [0.1, 0.15) is 26.7 Å². The standard InChI is InChI=1S/C8H15N3O2/c1-5(2)10-11-8(13)6-3-4-7(12)9-6/h5-6,10H,3-4H2,1-2H3,(H,9,12)(H,11,13). The van der Waals surface area contributed by atoms with Crippen molar-refractivity contribution in [3.63, 3.8) is 0 Å². The van der Waals surface area contributed by atoms with E-state index in [-0.39, 0.29) is 23.9 Å². The molecule has 0 bridgehead atoms. The van der Waals surface area contributed by atoms with Crippen molar-refractivity contribution < 1.29 is 9.59 Å². The van der Waals surface area contributed by atoms with E-state index in [1.807, 2.05) is 13.8 Å². The molecular formula is C8H15N3O2. The summed E-state index contributed by atoms with van der Waals surface area (Å²) >= 11 is 0. The zero-order valence-corrected chi connectivity index (χ0v) is 7.89. The monoisotopic (exact) mass is 185 g/mol. The predicted molar refractivity (Wildman–Crippen MR) is 47.6 cm³/mol. The van der Waals surface area contributed by atoms with Gasteiger partial charge in [-0.2, -0.15) is 0 Å². The van der Waals surface area contributed by atoms with Gasteiger partial charge in [-0.25, -0.2) is 5.43 Å². The zero-order chi connectivity index (χ0) is 9.84. The molecule has 0 aromatic rings. The Kier molecular flexibility index (Phi) is 3.25. The maximum absolute atomic E-state index is 11.3. The largest absolute Gasteiger partial charge is 0.344 e. The second kappa shape index (κ2) is 4.23. The molecule has 0 aromatic carbocycles. The maximum Gasteiger partial charge on any atom is 0.256 e. The minimum atomic E-state index is -0.362. The van der Waals surface area contributed by atoms with Crippen molar-refractivity contribution in [2.45, 2.75) is 38.8 Å². The molecule has 1 aliphatic heterocycles. The highest BCUT2D eigenvalue weighted by Crippen LogP contribution is 2.05. The van der Waals surface area contributed by atoms with Crippen LogP contribution in [-0.4, -0.2) is 23.9 Å². The molecule has 1 unspecified atom stereocenters. The second-order valence-corrected chi connectivity index (χ2v) is 3.45. The van der Waals surface area contributed by atoms with E-state index in [2.05, 4.69) is 16.2 Å². The fraction of sp³-hybridized carbons (Fsp3) is 0.750. The van der Waals surface area contributed by atoms with E-state index in [4.69, 9.17) is 0 Å². The molecule has 13 heavy (non-hydrogen) atoms. The quantitative estimate of drug-likeness (QED) is 0.509. The van der Waals surface area contributed by atoms with Crippen molar-refractivity contribution >= 4 is 11.8 Å². The molecular weight excluding hydrogens is 170 g/mol. The van der Waals surface area contributed by atoms with Gasteiger partial charge in [0.15, 0.2) is 0 Å². The molecule has 74 valence electrons. The number of hydrogen-bond acceptors (Lipinski definition) is 3. The molecule has 5 heteroatoms. The van der Waals surface area contributed by atoms with Gasteiger partial charge in [0.1, 0.15) is 6.04 Å². The third-order valence-corrected chi connectivity index (χ3v) is 1.80. The van der Waals surface area contributed by atoms with E-state index in [1.165, 1.54) is 0 Å². The zero-order valence-electron chi connectivity index (χ0n) is 7.89. The smallest absolute Gasteiger partial charge is 0.256 e. The second-order valence-electron chi connectivity index (χ2n) is 3.45. The van der Waals surface area contributed by atoms with Crippen molar-refractivity contribution in [2.75, 3.05) is 0 Å². The third kappa shape index (κ3) is 3.02. The predicted octanol–water partition coefficient (Wildman–Crippen LogP) is -0.706. The Morgan fingerprint density at radius 3 is 2.77 bits per heavy atom. The van der Waals surface area contributed by atoms with Crippen molar-refractivity contribution in [2.24, 2.45) is 0 Å². The van der Waals surface area contributed by atoms with Gasteiger partial charge in [-0.3, -0.25) is 15.0 Å². The Labute approximate surface area is 77.2 Å². The van der Waals surface area contributed by atoms with Gasteiger partial charge in [0, 0.05) is 12.5 Å². The van der Waals surface area contributed by atoms with Crippen LogP contribution in [0.5, 0.6) is 0 Å². The summed E-state index contributed by atoms with van der Waals surface area (Å²) < 4.78 is 0. The molecule has 1 rings (SSSR count). The van der Waals surface area contributed by atoms with Crippen molar-refractivity contribution in [1.29, 1.82) is 0 Å². The topological polar surface area (TPSA) is 70.2 Å². The van der Waals surface area contributed by atoms with Gasteiger partial charge in [-0.15, -0.1) is 0 Å². The molecule has 0 aliphatic carbocycles. The Balaban J connectivity index is 2.27. The molecule has 0 aromatic heterocycles. The Morgan fingerprint density at radius 1 is 1.62 bits per heavy atom. The SMILES string of the molecule is CC(C)NNC(=O)C1CCC(=O)N1. The van der Waals surface area contributed by atoms with Crippen LogP contribution in [0.4, 0.5) is 0 Å². The average molecular weight is 185 g/mol. The highest BCUT2D eigenvalue weighted by atomic mass is 16.2. The van der Waals surface area contributed by atoms with Gasteiger partial charge >= 0.3 is 0 Å². The molecule has 0 saturated carbocycles. The van der Waals surface area contributed by atoms with Crippen LogP contribution in [0.15, 0.2) is 0 Å². The Morgan fingerprint density at radius 2 is 2.31 bits per heavy atom. The number of amides is 2. The fourth-order valence-electron chi connectivity index (χ4n) is 1.11. The average Bonchev–Trinajstić information content (AvgIpc) is 2.47. The molecule has 1 atom stereocenters. The van der Waals surface area contributed by atoms with Gasteiger partial charge in [-0.05, 0) is 20.3 Å². The van der Waals surface area contributed by atoms with Gasteiger partial charge in [0.2, 0.25) is 5.91 Å². The number of carbonyl (C=O) groups excluding carboxylic acids is 2. The van der Waals surface area contributed by atoms with E-state index >= 15 is 0 Å². The van der Waals surface area contributed by atoms with Crippen LogP contribution in [0.25, 0.3) is 0 Å². The molecule has 1 fully saturated rings. The van der Waals surface area contributed by atoms with Crippen LogP contribution in [0.3, 0.4) is 0 Å². The number of rotatable bonds is 3. The van der Waals surface area contributed by atoms with E-state index in [1.54, 1.807) is 0 Å². The molecule has 0 spiro atoms. The summed E-state index contributed by atoms with van der Waals surface area (Å²) in [6.45, 7) is 3.85. The van der Waals surface area contributed by atoms with Gasteiger partial charge in [0.05, 0.1) is 0 Å². The summed E-state index contributed by atoms with van der Waals surface area (Å²) in [5.41, 5.74) is 5.33. The van der Waals surface area contributed by atoms with Gasteiger partial charge < -0.3 is 5.32 Å². The lowest BCUT2D eigenvalue weighted by atomic mass is 10.2. The summed E-state index contributed by atoms with van der Waals surface area (Å²) in [7, 11) is 0. The number of nitrogens with one attached hydrogen (secondary N) is 3. The van der Waals surface area contributed by atoms with Crippen molar-refractivity contribution in [3.8, 4) is 0 Å². The van der Waals surface area contributed by atoms with Crippen LogP contribution in [0.2, 0.25) is 0 Å². The Hall–Kier alpha value is -1.10. The lowest BCUT2D eigenvalue weighted by Gasteiger charge is -2.13. The van der Waals surface area contributed by atoms with Crippen LogP contribution in [-0.2, 0) is 9.59 Å². The highest BCUT2D eigenvalue weighted by molar-refractivity contribution is 5.90. The van der Waals surface area contributed by atoms with Gasteiger partial charge in [-0.1, -0.05) is 0 Å². The number of hydrogen-bond donors (Lipinski definition) is 3. The first-order chi connectivity index (χ1) is 6.09. The summed E-state index contributed by atoms with van der Waals surface area (Å²) in [4.78, 5) is 22.1. The first kappa shape index (κ1) is 9.98. The molecule has 0 radical (unpaired) electrons. The maximum atomic E-state index is 11.3. The number of carbonyl (C=O) groups is 2. The number of hydrazine groups is 1. The fourth-order valence-corrected chi connectivity index (χ4v) is 1.11. The van der Waals surface area contributed by atoms with E-state index in [0.717, 1.165) is 0 Å². The molecule has 3 N–H and O–H groups in total. The summed E-state index contributed by atoms with van der Waals surface area (Å²) in [6, 6.07) is -0.167. The lowest BCUT2D eigenvalue weighted by molar-refractivity contribution is -0.126. The first-order valence-electron chi connectivity index (χ1n) is 4.44. The van der Waals surface area contributed by atoms with Crippen LogP contribution >= 0.6 is 0 Å². The summed E-state index contributed by atoms with van der Waals surface area (Å²) in [5.74, 6) is -0.218. The van der Waals surface area contributed by atoms with Gasteiger partial charge in [0.25, 0.3) is 5.91 Å². The van der Waals surface area contributed by atoms with Crippen LogP contribution in [0, 0.1) is 0 Å². The van der Waals surface area contributed by atoms with Crippen LogP contribution < -0.4 is 16.2 Å². The highest BCUT2D eigenvalue weighted by Gasteiger charge is 2.26. The molecule has 1 heterocycles. The lowest BCUT2D eigenvalue weighted by Crippen LogP contribution is -2.49. The first-order valence-corrected chi connectivity index (χ1v) is 4.44. The minimum Gasteiger partial charge on any atom is -0.344 e.